The van der Waals surface area contributed by atoms with Gasteiger partial charge in [-0.15, -0.1) is 0 Å². The zero-order chi connectivity index (χ0) is 15.2. The molecule has 0 saturated carbocycles. The van der Waals surface area contributed by atoms with Crippen LogP contribution in [0.5, 0.6) is 11.5 Å². The Morgan fingerprint density at radius 1 is 1.05 bits per heavy atom. The Labute approximate surface area is 123 Å². The van der Waals surface area contributed by atoms with E-state index in [0.717, 1.165) is 5.56 Å². The molecular weight excluding hydrogens is 295 g/mol. The first kappa shape index (κ1) is 15.2. The van der Waals surface area contributed by atoms with Gasteiger partial charge >= 0.3 is 5.97 Å². The van der Waals surface area contributed by atoms with Crippen LogP contribution in [0, 0.1) is 5.82 Å². The van der Waals surface area contributed by atoms with E-state index in [-0.39, 0.29) is 17.3 Å². The number of halogens is 1. The van der Waals surface area contributed by atoms with Crippen molar-refractivity contribution in [2.45, 2.75) is 5.75 Å². The smallest absolute Gasteiger partial charge is 0.316 e. The lowest BCUT2D eigenvalue weighted by atomic mass is 10.2. The van der Waals surface area contributed by atoms with Crippen LogP contribution in [0.15, 0.2) is 48.5 Å². The van der Waals surface area contributed by atoms with Crippen LogP contribution < -0.4 is 4.74 Å². The highest BCUT2D eigenvalue weighted by molar-refractivity contribution is 7.84. The summed E-state index contributed by atoms with van der Waals surface area (Å²) in [6.07, 6.45) is 0. The molecule has 21 heavy (non-hydrogen) atoms. The van der Waals surface area contributed by atoms with Crippen molar-refractivity contribution in [1.82, 2.24) is 0 Å². The quantitative estimate of drug-likeness (QED) is 0.891. The molecule has 2 aromatic carbocycles. The predicted octanol–water partition coefficient (Wildman–Crippen LogP) is 2.95. The average molecular weight is 308 g/mol. The molecule has 0 aromatic heterocycles. The van der Waals surface area contributed by atoms with Crippen molar-refractivity contribution < 1.29 is 23.2 Å². The van der Waals surface area contributed by atoms with Gasteiger partial charge in [-0.25, -0.2) is 4.39 Å². The summed E-state index contributed by atoms with van der Waals surface area (Å²) in [5, 5.41) is 8.55. The first-order valence-corrected chi connectivity index (χ1v) is 7.61. The van der Waals surface area contributed by atoms with Gasteiger partial charge in [0.1, 0.15) is 23.1 Å². The summed E-state index contributed by atoms with van der Waals surface area (Å²) in [6.45, 7) is 0. The molecule has 0 fully saturated rings. The van der Waals surface area contributed by atoms with E-state index < -0.39 is 16.8 Å². The minimum atomic E-state index is -1.43. The topological polar surface area (TPSA) is 63.6 Å². The van der Waals surface area contributed by atoms with E-state index >= 15 is 0 Å². The van der Waals surface area contributed by atoms with Gasteiger partial charge in [0.05, 0.1) is 0 Å². The molecule has 0 aliphatic carbocycles. The number of aliphatic carboxylic acids is 1. The Morgan fingerprint density at radius 2 is 1.57 bits per heavy atom. The van der Waals surface area contributed by atoms with Gasteiger partial charge in [0.2, 0.25) is 0 Å². The van der Waals surface area contributed by atoms with E-state index in [9.17, 15) is 13.4 Å². The summed E-state index contributed by atoms with van der Waals surface area (Å²) in [5.74, 6) is -0.520. The van der Waals surface area contributed by atoms with Crippen LogP contribution >= 0.6 is 0 Å². The zero-order valence-electron chi connectivity index (χ0n) is 11.0. The van der Waals surface area contributed by atoms with Crippen molar-refractivity contribution in [1.29, 1.82) is 0 Å². The molecule has 1 atom stereocenters. The number of carboxylic acid groups (broad SMARTS) is 1. The number of carboxylic acids is 1. The Morgan fingerprint density at radius 3 is 2.10 bits per heavy atom. The van der Waals surface area contributed by atoms with Crippen LogP contribution in [0.25, 0.3) is 0 Å². The molecule has 110 valence electrons. The summed E-state index contributed by atoms with van der Waals surface area (Å²) in [5.41, 5.74) is 0.765. The highest BCUT2D eigenvalue weighted by Crippen LogP contribution is 2.22. The Kier molecular flexibility index (Phi) is 5.05. The minimum absolute atomic E-state index is 0.184. The first-order chi connectivity index (χ1) is 10.0. The standard InChI is InChI=1S/C15H13FO4S/c16-12-3-7-14(8-4-12)20-13-5-1-11(2-6-13)9-21(19)10-15(17)18/h1-8H,9-10H2,(H,17,18)/t21-/m1/s1. The van der Waals surface area contributed by atoms with Crippen molar-refractivity contribution in [3.8, 4) is 11.5 Å². The first-order valence-electron chi connectivity index (χ1n) is 6.12. The fourth-order valence-electron chi connectivity index (χ4n) is 1.67. The second kappa shape index (κ2) is 6.99. The molecule has 2 rings (SSSR count). The Balaban J connectivity index is 1.97. The van der Waals surface area contributed by atoms with Crippen molar-refractivity contribution in [3.63, 3.8) is 0 Å². The fraction of sp³-hybridized carbons (Fsp3) is 0.133. The number of hydrogen-bond acceptors (Lipinski definition) is 3. The third kappa shape index (κ3) is 5.00. The fourth-order valence-corrected chi connectivity index (χ4v) is 2.61. The van der Waals surface area contributed by atoms with Crippen molar-refractivity contribution in [3.05, 3.63) is 59.9 Å². The van der Waals surface area contributed by atoms with E-state index in [1.165, 1.54) is 24.3 Å². The van der Waals surface area contributed by atoms with Crippen LogP contribution in [0.2, 0.25) is 0 Å². The summed E-state index contributed by atoms with van der Waals surface area (Å²) in [4.78, 5) is 10.4. The number of benzene rings is 2. The minimum Gasteiger partial charge on any atom is -0.481 e. The highest BCUT2D eigenvalue weighted by Gasteiger charge is 2.07. The number of ether oxygens (including phenoxy) is 1. The molecule has 0 unspecified atom stereocenters. The molecule has 4 nitrogen and oxygen atoms in total. The van der Waals surface area contributed by atoms with Gasteiger partial charge in [0.15, 0.2) is 0 Å². The molecule has 0 saturated heterocycles. The highest BCUT2D eigenvalue weighted by atomic mass is 32.2. The van der Waals surface area contributed by atoms with E-state index in [0.29, 0.717) is 11.5 Å². The molecule has 1 N–H and O–H groups in total. The maximum atomic E-state index is 12.8. The lowest BCUT2D eigenvalue weighted by molar-refractivity contribution is -0.133. The van der Waals surface area contributed by atoms with Gasteiger partial charge in [0.25, 0.3) is 0 Å². The third-order valence-corrected chi connectivity index (χ3v) is 3.81. The van der Waals surface area contributed by atoms with Gasteiger partial charge in [-0.05, 0) is 42.0 Å². The lowest BCUT2D eigenvalue weighted by Crippen LogP contribution is -2.10. The average Bonchev–Trinajstić information content (AvgIpc) is 2.42. The Bertz CT molecular complexity index is 638. The summed E-state index contributed by atoms with van der Waals surface area (Å²) < 4.78 is 29.8. The van der Waals surface area contributed by atoms with Crippen LogP contribution in [-0.2, 0) is 21.3 Å². The van der Waals surface area contributed by atoms with E-state index in [4.69, 9.17) is 9.84 Å². The number of carbonyl (C=O) groups is 1. The Hall–Kier alpha value is -2.21. The van der Waals surface area contributed by atoms with Crippen LogP contribution in [-0.4, -0.2) is 21.0 Å². The van der Waals surface area contributed by atoms with Crippen LogP contribution in [0.1, 0.15) is 5.56 Å². The normalized spacial score (nSPS) is 11.9. The molecular formula is C15H13FO4S. The van der Waals surface area contributed by atoms with Gasteiger partial charge in [-0.3, -0.25) is 9.00 Å². The molecule has 0 aliphatic heterocycles. The maximum Gasteiger partial charge on any atom is 0.316 e. The largest absolute Gasteiger partial charge is 0.481 e. The molecule has 6 heteroatoms. The molecule has 0 heterocycles. The van der Waals surface area contributed by atoms with E-state index in [1.54, 1.807) is 24.3 Å². The predicted molar refractivity (Wildman–Crippen MR) is 77.3 cm³/mol. The number of hydrogen-bond donors (Lipinski definition) is 1. The second-order valence-electron chi connectivity index (χ2n) is 4.32. The van der Waals surface area contributed by atoms with Crippen LogP contribution in [0.3, 0.4) is 0 Å². The molecule has 0 aliphatic rings. The number of rotatable bonds is 6. The lowest BCUT2D eigenvalue weighted by Gasteiger charge is -2.06. The second-order valence-corrected chi connectivity index (χ2v) is 5.78. The molecule has 0 radical (unpaired) electrons. The van der Waals surface area contributed by atoms with Crippen molar-refractivity contribution in [2.75, 3.05) is 5.75 Å². The third-order valence-electron chi connectivity index (χ3n) is 2.58. The molecule has 2 aromatic rings. The van der Waals surface area contributed by atoms with E-state index in [1.807, 2.05) is 0 Å². The molecule has 0 amide bonds. The van der Waals surface area contributed by atoms with Gasteiger partial charge in [-0.1, -0.05) is 12.1 Å². The summed E-state index contributed by atoms with van der Waals surface area (Å²) in [6, 6.07) is 12.5. The van der Waals surface area contributed by atoms with Crippen LogP contribution in [0.4, 0.5) is 4.39 Å². The van der Waals surface area contributed by atoms with E-state index in [2.05, 4.69) is 0 Å². The SMILES string of the molecule is O=C(O)C[S@](=O)Cc1ccc(Oc2ccc(F)cc2)cc1. The summed E-state index contributed by atoms with van der Waals surface area (Å²) in [7, 11) is -1.43. The molecule has 0 bridgehead atoms. The zero-order valence-corrected chi connectivity index (χ0v) is 11.8. The van der Waals surface area contributed by atoms with Crippen molar-refractivity contribution >= 4 is 16.8 Å². The van der Waals surface area contributed by atoms with Gasteiger partial charge in [0, 0.05) is 16.6 Å². The maximum absolute atomic E-state index is 12.8. The van der Waals surface area contributed by atoms with Gasteiger partial charge in [-0.2, -0.15) is 0 Å². The monoisotopic (exact) mass is 308 g/mol. The molecule has 0 spiro atoms. The van der Waals surface area contributed by atoms with Gasteiger partial charge < -0.3 is 9.84 Å². The van der Waals surface area contributed by atoms with Crippen molar-refractivity contribution in [2.24, 2.45) is 0 Å². The summed E-state index contributed by atoms with van der Waals surface area (Å²) >= 11 is 0.